The van der Waals surface area contributed by atoms with E-state index in [9.17, 15) is 14.7 Å². The first-order valence-corrected chi connectivity index (χ1v) is 6.57. The van der Waals surface area contributed by atoms with Crippen LogP contribution in [0.1, 0.15) is 32.6 Å². The van der Waals surface area contributed by atoms with Gasteiger partial charge in [-0.05, 0) is 25.7 Å². The second-order valence-corrected chi connectivity index (χ2v) is 5.22. The number of nitrogens with two attached hydrogens (primary N) is 1. The molecule has 0 aliphatic carbocycles. The van der Waals surface area contributed by atoms with Crippen molar-refractivity contribution in [2.24, 2.45) is 5.73 Å². The Balaban J connectivity index is 2.16. The number of carbonyl (C=O) groups excluding carboxylic acids is 1. The molecule has 0 radical (unpaired) electrons. The first kappa shape index (κ1) is 13.1. The minimum Gasteiger partial charge on any atom is -0.479 e. The molecule has 2 aliphatic heterocycles. The number of rotatable bonds is 2. The van der Waals surface area contributed by atoms with Crippen LogP contribution in [-0.2, 0) is 4.79 Å². The number of amides is 2. The van der Waals surface area contributed by atoms with Gasteiger partial charge in [-0.1, -0.05) is 6.92 Å². The van der Waals surface area contributed by atoms with Gasteiger partial charge < -0.3 is 20.6 Å². The zero-order valence-corrected chi connectivity index (χ0v) is 10.8. The fourth-order valence-electron chi connectivity index (χ4n) is 3.03. The molecule has 2 amide bonds. The van der Waals surface area contributed by atoms with Crippen LogP contribution in [0.2, 0.25) is 0 Å². The van der Waals surface area contributed by atoms with Gasteiger partial charge in [0.15, 0.2) is 0 Å². The van der Waals surface area contributed by atoms with Crippen molar-refractivity contribution in [3.63, 3.8) is 0 Å². The van der Waals surface area contributed by atoms with Gasteiger partial charge >= 0.3 is 12.0 Å². The molecule has 0 aromatic rings. The van der Waals surface area contributed by atoms with Gasteiger partial charge in [0, 0.05) is 25.7 Å². The van der Waals surface area contributed by atoms with Crippen LogP contribution in [0, 0.1) is 0 Å². The summed E-state index contributed by atoms with van der Waals surface area (Å²) >= 11 is 0. The highest BCUT2D eigenvalue weighted by atomic mass is 16.4. The summed E-state index contributed by atoms with van der Waals surface area (Å²) in [5.41, 5.74) is 4.78. The van der Waals surface area contributed by atoms with E-state index in [0.29, 0.717) is 32.5 Å². The quantitative estimate of drug-likeness (QED) is 0.751. The lowest BCUT2D eigenvalue weighted by Crippen LogP contribution is -2.56. The highest BCUT2D eigenvalue weighted by Gasteiger charge is 2.50. The Kier molecular flexibility index (Phi) is 3.47. The van der Waals surface area contributed by atoms with Crippen LogP contribution in [0.3, 0.4) is 0 Å². The normalized spacial score (nSPS) is 32.0. The Labute approximate surface area is 107 Å². The number of likely N-dealkylation sites (tertiary alicyclic amines) is 2. The monoisotopic (exact) mass is 255 g/mol. The Hall–Kier alpha value is -1.30. The largest absolute Gasteiger partial charge is 0.479 e. The third-order valence-electron chi connectivity index (χ3n) is 4.20. The third kappa shape index (κ3) is 1.94. The summed E-state index contributed by atoms with van der Waals surface area (Å²) in [6.07, 6.45) is 2.55. The van der Waals surface area contributed by atoms with Crippen LogP contribution in [0.5, 0.6) is 0 Å². The number of carboxylic acid groups (broad SMARTS) is 1. The molecule has 2 unspecified atom stereocenters. The summed E-state index contributed by atoms with van der Waals surface area (Å²) in [5, 5.41) is 9.44. The lowest BCUT2D eigenvalue weighted by Gasteiger charge is -2.36. The highest BCUT2D eigenvalue weighted by molar-refractivity contribution is 5.87. The van der Waals surface area contributed by atoms with Crippen molar-refractivity contribution < 1.29 is 14.7 Å². The first-order chi connectivity index (χ1) is 8.51. The SMILES string of the molecule is CCC1(C(=O)O)CCCN1C(=O)N1CCC(N)C1. The van der Waals surface area contributed by atoms with Crippen LogP contribution >= 0.6 is 0 Å². The summed E-state index contributed by atoms with van der Waals surface area (Å²) < 4.78 is 0. The van der Waals surface area contributed by atoms with E-state index >= 15 is 0 Å². The van der Waals surface area contributed by atoms with Crippen molar-refractivity contribution in [3.05, 3.63) is 0 Å². The van der Waals surface area contributed by atoms with Gasteiger partial charge in [0.2, 0.25) is 0 Å². The zero-order valence-electron chi connectivity index (χ0n) is 10.8. The number of hydrogen-bond acceptors (Lipinski definition) is 3. The molecule has 2 atom stereocenters. The van der Waals surface area contributed by atoms with Crippen molar-refractivity contribution in [1.82, 2.24) is 9.80 Å². The molecule has 2 fully saturated rings. The summed E-state index contributed by atoms with van der Waals surface area (Å²) in [7, 11) is 0. The third-order valence-corrected chi connectivity index (χ3v) is 4.20. The molecule has 6 heteroatoms. The minimum atomic E-state index is -1.01. The molecule has 102 valence electrons. The number of urea groups is 1. The van der Waals surface area contributed by atoms with E-state index < -0.39 is 11.5 Å². The summed E-state index contributed by atoms with van der Waals surface area (Å²) in [5.74, 6) is -0.889. The number of hydrogen-bond donors (Lipinski definition) is 2. The van der Waals surface area contributed by atoms with Gasteiger partial charge in [-0.2, -0.15) is 0 Å². The smallest absolute Gasteiger partial charge is 0.329 e. The number of aliphatic carboxylic acids is 1. The Bertz CT molecular complexity index is 360. The van der Waals surface area contributed by atoms with Crippen LogP contribution in [-0.4, -0.2) is 58.1 Å². The van der Waals surface area contributed by atoms with Crippen LogP contribution in [0.25, 0.3) is 0 Å². The second-order valence-electron chi connectivity index (χ2n) is 5.22. The number of nitrogens with zero attached hydrogens (tertiary/aromatic N) is 2. The van der Waals surface area contributed by atoms with E-state index in [4.69, 9.17) is 5.73 Å². The van der Waals surface area contributed by atoms with Gasteiger partial charge in [-0.3, -0.25) is 0 Å². The molecule has 0 bridgehead atoms. The van der Waals surface area contributed by atoms with Crippen LogP contribution in [0.15, 0.2) is 0 Å². The van der Waals surface area contributed by atoms with E-state index in [1.165, 1.54) is 4.90 Å². The molecule has 2 rings (SSSR count). The first-order valence-electron chi connectivity index (χ1n) is 6.57. The van der Waals surface area contributed by atoms with Crippen molar-refractivity contribution >= 4 is 12.0 Å². The molecule has 2 saturated heterocycles. The Morgan fingerprint density at radius 1 is 1.44 bits per heavy atom. The molecular formula is C12H21N3O3. The lowest BCUT2D eigenvalue weighted by molar-refractivity contribution is -0.148. The standard InChI is InChI=1S/C12H21N3O3/c1-2-12(10(16)17)5-3-6-15(12)11(18)14-7-4-9(13)8-14/h9H,2-8,13H2,1H3,(H,16,17). The lowest BCUT2D eigenvalue weighted by atomic mass is 9.93. The van der Waals surface area contributed by atoms with Gasteiger partial charge in [-0.25, -0.2) is 9.59 Å². The van der Waals surface area contributed by atoms with Gasteiger partial charge in [0.05, 0.1) is 0 Å². The van der Waals surface area contributed by atoms with Gasteiger partial charge in [-0.15, -0.1) is 0 Å². The Morgan fingerprint density at radius 3 is 2.67 bits per heavy atom. The van der Waals surface area contributed by atoms with Crippen molar-refractivity contribution in [3.8, 4) is 0 Å². The van der Waals surface area contributed by atoms with E-state index in [2.05, 4.69) is 0 Å². The summed E-state index contributed by atoms with van der Waals surface area (Å²) in [6.45, 7) is 3.53. The van der Waals surface area contributed by atoms with Crippen LogP contribution in [0.4, 0.5) is 4.79 Å². The van der Waals surface area contributed by atoms with E-state index in [0.717, 1.165) is 12.8 Å². The maximum Gasteiger partial charge on any atom is 0.329 e. The van der Waals surface area contributed by atoms with E-state index in [1.807, 2.05) is 6.92 Å². The molecule has 0 spiro atoms. The topological polar surface area (TPSA) is 86.9 Å². The summed E-state index contributed by atoms with van der Waals surface area (Å²) in [6, 6.07) is -0.137. The molecule has 2 aliphatic rings. The van der Waals surface area contributed by atoms with Crippen molar-refractivity contribution in [2.45, 2.75) is 44.2 Å². The van der Waals surface area contributed by atoms with Gasteiger partial charge in [0.1, 0.15) is 5.54 Å². The Morgan fingerprint density at radius 2 is 2.17 bits per heavy atom. The summed E-state index contributed by atoms with van der Waals surface area (Å²) in [4.78, 5) is 27.1. The molecule has 0 aromatic carbocycles. The molecule has 6 nitrogen and oxygen atoms in total. The maximum absolute atomic E-state index is 12.4. The molecular weight excluding hydrogens is 234 g/mol. The van der Waals surface area contributed by atoms with Crippen LogP contribution < -0.4 is 5.73 Å². The fourth-order valence-corrected chi connectivity index (χ4v) is 3.03. The van der Waals surface area contributed by atoms with E-state index in [-0.39, 0.29) is 12.1 Å². The predicted octanol–water partition coefficient (Wildman–Crippen LogP) is 0.469. The molecule has 0 saturated carbocycles. The minimum absolute atomic E-state index is 0.0254. The average Bonchev–Trinajstić information content (AvgIpc) is 2.94. The molecule has 2 heterocycles. The van der Waals surface area contributed by atoms with E-state index in [1.54, 1.807) is 4.90 Å². The fraction of sp³-hybridized carbons (Fsp3) is 0.833. The molecule has 0 aromatic heterocycles. The van der Waals surface area contributed by atoms with Crippen molar-refractivity contribution in [2.75, 3.05) is 19.6 Å². The average molecular weight is 255 g/mol. The predicted molar refractivity (Wildman–Crippen MR) is 66.2 cm³/mol. The molecule has 3 N–H and O–H groups in total. The molecule has 18 heavy (non-hydrogen) atoms. The van der Waals surface area contributed by atoms with Gasteiger partial charge in [0.25, 0.3) is 0 Å². The number of carbonyl (C=O) groups is 2. The zero-order chi connectivity index (χ0) is 13.3. The number of carboxylic acids is 1. The van der Waals surface area contributed by atoms with Crippen molar-refractivity contribution in [1.29, 1.82) is 0 Å². The second kappa shape index (κ2) is 4.76. The maximum atomic E-state index is 12.4. The highest BCUT2D eigenvalue weighted by Crippen LogP contribution is 2.34.